The number of hydrogen-bond acceptors (Lipinski definition) is 7. The molecule has 0 aliphatic heterocycles. The molecule has 0 saturated heterocycles. The fourth-order valence-electron chi connectivity index (χ4n) is 3.81. The second-order valence-electron chi connectivity index (χ2n) is 8.20. The summed E-state index contributed by atoms with van der Waals surface area (Å²) in [4.78, 5) is 11.3. The third kappa shape index (κ3) is 6.22. The Labute approximate surface area is 206 Å². The van der Waals surface area contributed by atoms with Gasteiger partial charge in [-0.3, -0.25) is 9.67 Å². The van der Waals surface area contributed by atoms with E-state index in [1.807, 2.05) is 48.5 Å². The number of hydrogen-bond donors (Lipinski definition) is 1. The fourth-order valence-corrected chi connectivity index (χ4v) is 3.81. The molecule has 0 radical (unpaired) electrons. The number of aromatic nitrogens is 4. The number of alkyl halides is 3. The van der Waals surface area contributed by atoms with Gasteiger partial charge in [-0.1, -0.05) is 0 Å². The number of methoxy groups -OCH3 is 2. The molecule has 36 heavy (non-hydrogen) atoms. The quantitative estimate of drug-likeness (QED) is 0.316. The predicted octanol–water partition coefficient (Wildman–Crippen LogP) is 4.73. The van der Waals surface area contributed by atoms with Crippen molar-refractivity contribution >= 4 is 22.4 Å². The van der Waals surface area contributed by atoms with Crippen LogP contribution in [0, 0.1) is 0 Å². The number of fused-ring (bicyclic) bond motifs is 1. The maximum absolute atomic E-state index is 12.5. The van der Waals surface area contributed by atoms with Crippen LogP contribution in [0.4, 0.5) is 24.5 Å². The summed E-state index contributed by atoms with van der Waals surface area (Å²) in [6.45, 7) is -0.374. The van der Waals surface area contributed by atoms with Crippen LogP contribution >= 0.6 is 0 Å². The lowest BCUT2D eigenvalue weighted by Crippen LogP contribution is -2.31. The molecule has 0 aliphatic rings. The Bertz CT molecular complexity index is 1300. The van der Waals surface area contributed by atoms with Crippen LogP contribution in [0.2, 0.25) is 0 Å². The lowest BCUT2D eigenvalue weighted by atomic mass is 10.1. The van der Waals surface area contributed by atoms with Crippen molar-refractivity contribution in [1.82, 2.24) is 25.1 Å². The first-order valence-corrected chi connectivity index (χ1v) is 11.3. The molecule has 8 nitrogen and oxygen atoms in total. The third-order valence-corrected chi connectivity index (χ3v) is 5.55. The molecule has 0 atom stereocenters. The highest BCUT2D eigenvalue weighted by atomic mass is 19.4. The summed E-state index contributed by atoms with van der Waals surface area (Å²) >= 11 is 0. The highest BCUT2D eigenvalue weighted by Gasteiger charge is 2.26. The van der Waals surface area contributed by atoms with E-state index in [1.54, 1.807) is 37.4 Å². The first-order valence-electron chi connectivity index (χ1n) is 11.3. The predicted molar refractivity (Wildman–Crippen MR) is 132 cm³/mol. The molecule has 0 fully saturated rings. The molecule has 0 saturated carbocycles. The van der Waals surface area contributed by atoms with Crippen LogP contribution in [0.25, 0.3) is 22.3 Å². The molecule has 0 unspecified atom stereocenters. The average Bonchev–Trinajstić information content (AvgIpc) is 3.30. The van der Waals surface area contributed by atoms with E-state index in [9.17, 15) is 13.2 Å². The number of rotatable bonds is 10. The van der Waals surface area contributed by atoms with E-state index in [4.69, 9.17) is 14.5 Å². The number of aryl methyl sites for hydroxylation is 1. The molecular weight excluding hydrogens is 473 g/mol. The Kier molecular flexibility index (Phi) is 7.58. The van der Waals surface area contributed by atoms with E-state index in [1.165, 1.54) is 0 Å². The lowest BCUT2D eigenvalue weighted by molar-refractivity contribution is -0.124. The molecule has 2 aromatic carbocycles. The maximum atomic E-state index is 12.5. The molecule has 4 aromatic rings. The summed E-state index contributed by atoms with van der Waals surface area (Å²) in [5, 5.41) is 6.65. The number of benzene rings is 2. The van der Waals surface area contributed by atoms with E-state index in [0.29, 0.717) is 35.7 Å². The van der Waals surface area contributed by atoms with Crippen molar-refractivity contribution < 1.29 is 22.6 Å². The highest BCUT2D eigenvalue weighted by Crippen LogP contribution is 2.34. The summed E-state index contributed by atoms with van der Waals surface area (Å²) < 4.78 is 50.1. The van der Waals surface area contributed by atoms with E-state index in [0.717, 1.165) is 22.5 Å². The Morgan fingerprint density at radius 2 is 1.72 bits per heavy atom. The number of nitrogens with zero attached hydrogens (tertiary/aromatic N) is 5. The lowest BCUT2D eigenvalue weighted by Gasteiger charge is -2.26. The van der Waals surface area contributed by atoms with Crippen molar-refractivity contribution in [3.05, 3.63) is 55.0 Å². The smallest absolute Gasteiger partial charge is 0.401 e. The van der Waals surface area contributed by atoms with Gasteiger partial charge in [0, 0.05) is 54.9 Å². The Balaban J connectivity index is 1.67. The van der Waals surface area contributed by atoms with Crippen LogP contribution in [0.1, 0.15) is 6.42 Å². The molecule has 2 aromatic heterocycles. The Morgan fingerprint density at radius 3 is 2.36 bits per heavy atom. The zero-order chi connectivity index (χ0) is 25.7. The van der Waals surface area contributed by atoms with Crippen molar-refractivity contribution in [2.45, 2.75) is 12.6 Å². The number of ether oxygens (including phenoxy) is 2. The van der Waals surface area contributed by atoms with Crippen LogP contribution < -0.4 is 19.7 Å². The van der Waals surface area contributed by atoms with E-state index < -0.39 is 12.7 Å². The number of nitrogens with one attached hydrogen (secondary N) is 1. The van der Waals surface area contributed by atoms with Gasteiger partial charge in [0.2, 0.25) is 0 Å². The molecule has 0 aliphatic carbocycles. The molecule has 190 valence electrons. The highest BCUT2D eigenvalue weighted by molar-refractivity contribution is 5.82. The van der Waals surface area contributed by atoms with Gasteiger partial charge in [0.15, 0.2) is 0 Å². The van der Waals surface area contributed by atoms with E-state index in [2.05, 4.69) is 15.4 Å². The normalized spacial score (nSPS) is 11.6. The van der Waals surface area contributed by atoms with Crippen LogP contribution in [0.5, 0.6) is 11.5 Å². The number of anilines is 2. The summed E-state index contributed by atoms with van der Waals surface area (Å²) in [6, 6.07) is 11.2. The molecule has 11 heteroatoms. The first-order chi connectivity index (χ1) is 17.3. The molecule has 1 N–H and O–H groups in total. The van der Waals surface area contributed by atoms with E-state index >= 15 is 0 Å². The van der Waals surface area contributed by atoms with Crippen molar-refractivity contribution in [3.63, 3.8) is 0 Å². The molecule has 0 spiro atoms. The van der Waals surface area contributed by atoms with Crippen molar-refractivity contribution in [2.24, 2.45) is 7.05 Å². The molecule has 0 amide bonds. The molecule has 2 heterocycles. The first kappa shape index (κ1) is 25.2. The summed E-state index contributed by atoms with van der Waals surface area (Å²) in [7, 11) is 4.96. The monoisotopic (exact) mass is 500 g/mol. The largest absolute Gasteiger partial charge is 0.497 e. The molecule has 4 rings (SSSR count). The van der Waals surface area contributed by atoms with Gasteiger partial charge >= 0.3 is 6.18 Å². The van der Waals surface area contributed by atoms with Gasteiger partial charge in [-0.05, 0) is 31.2 Å². The van der Waals surface area contributed by atoms with Gasteiger partial charge in [0.1, 0.15) is 11.5 Å². The fraction of sp³-hybridized carbons (Fsp3) is 0.320. The summed E-state index contributed by atoms with van der Waals surface area (Å²) in [5.41, 5.74) is 4.54. The van der Waals surface area contributed by atoms with Crippen LogP contribution in [0.3, 0.4) is 0 Å². The van der Waals surface area contributed by atoms with Gasteiger partial charge in [-0.2, -0.15) is 18.3 Å². The minimum absolute atomic E-state index is 0.204. The molecular formula is C25H27F3N6O2. The van der Waals surface area contributed by atoms with Gasteiger partial charge in [-0.25, -0.2) is 4.98 Å². The maximum Gasteiger partial charge on any atom is 0.401 e. The van der Waals surface area contributed by atoms with Gasteiger partial charge in [-0.15, -0.1) is 0 Å². The van der Waals surface area contributed by atoms with Gasteiger partial charge in [0.05, 0.1) is 49.9 Å². The van der Waals surface area contributed by atoms with Crippen LogP contribution in [-0.2, 0) is 7.05 Å². The van der Waals surface area contributed by atoms with Crippen LogP contribution in [-0.4, -0.2) is 59.8 Å². The SMILES string of the molecule is COc1cc(OC)cc(N(CCCNCC(F)(F)F)c2ccc3ncc(-c4cnn(C)c4)nc3c2)c1. The Hall–Kier alpha value is -3.86. The van der Waals surface area contributed by atoms with Crippen molar-refractivity contribution in [2.75, 3.05) is 38.8 Å². The van der Waals surface area contributed by atoms with Crippen molar-refractivity contribution in [1.29, 1.82) is 0 Å². The zero-order valence-electron chi connectivity index (χ0n) is 20.2. The standard InChI is InChI=1S/C25H27F3N6O2/c1-33-15-17(13-31-33)24-14-30-22-6-5-18(11-23(22)32-24)34(8-4-7-29-16-25(26,27)28)19-9-20(35-2)12-21(10-19)36-3/h5-6,9-15,29H,4,7-8,16H2,1-3H3. The van der Waals surface area contributed by atoms with Gasteiger partial charge < -0.3 is 19.7 Å². The van der Waals surface area contributed by atoms with Crippen LogP contribution in [0.15, 0.2) is 55.0 Å². The van der Waals surface area contributed by atoms with Crippen molar-refractivity contribution in [3.8, 4) is 22.8 Å². The third-order valence-electron chi connectivity index (χ3n) is 5.55. The zero-order valence-corrected chi connectivity index (χ0v) is 20.2. The second-order valence-corrected chi connectivity index (χ2v) is 8.20. The number of halogens is 3. The topological polar surface area (TPSA) is 77.3 Å². The average molecular weight is 501 g/mol. The molecule has 0 bridgehead atoms. The van der Waals surface area contributed by atoms with Gasteiger partial charge in [0.25, 0.3) is 0 Å². The summed E-state index contributed by atoms with van der Waals surface area (Å²) in [6.07, 6.45) is 1.51. The minimum Gasteiger partial charge on any atom is -0.497 e. The minimum atomic E-state index is -4.25. The second kappa shape index (κ2) is 10.8. The Morgan fingerprint density at radius 1 is 0.972 bits per heavy atom. The van der Waals surface area contributed by atoms with E-state index in [-0.39, 0.29) is 6.54 Å². The summed E-state index contributed by atoms with van der Waals surface area (Å²) in [5.74, 6) is 1.20.